The zero-order valence-electron chi connectivity index (χ0n) is 14.2. The molecule has 138 valence electrons. The summed E-state index contributed by atoms with van der Waals surface area (Å²) in [4.78, 5) is 18.4. The average molecular weight is 376 g/mol. The van der Waals surface area contributed by atoms with E-state index in [1.165, 1.54) is 12.1 Å². The van der Waals surface area contributed by atoms with Gasteiger partial charge in [0, 0.05) is 13.0 Å². The van der Waals surface area contributed by atoms with E-state index in [0.717, 1.165) is 19.4 Å². The van der Waals surface area contributed by atoms with Crippen LogP contribution in [0.5, 0.6) is 0 Å². The van der Waals surface area contributed by atoms with Crippen LogP contribution >= 0.6 is 0 Å². The van der Waals surface area contributed by atoms with Crippen LogP contribution in [-0.2, 0) is 21.4 Å². The molecule has 1 amide bonds. The van der Waals surface area contributed by atoms with Gasteiger partial charge < -0.3 is 9.42 Å². The van der Waals surface area contributed by atoms with Gasteiger partial charge in [-0.2, -0.15) is 4.98 Å². The highest BCUT2D eigenvalue weighted by atomic mass is 32.2. The summed E-state index contributed by atoms with van der Waals surface area (Å²) in [6, 6.07) is 7.91. The van der Waals surface area contributed by atoms with Gasteiger partial charge in [-0.3, -0.25) is 4.79 Å². The molecular weight excluding hydrogens is 356 g/mol. The predicted molar refractivity (Wildman–Crippen MR) is 91.2 cm³/mol. The molecular formula is C17H20N4O4S. The Bertz CT molecular complexity index is 892. The molecule has 1 saturated heterocycles. The van der Waals surface area contributed by atoms with E-state index in [2.05, 4.69) is 14.9 Å². The summed E-state index contributed by atoms with van der Waals surface area (Å²) in [6.45, 7) is 0.672. The van der Waals surface area contributed by atoms with E-state index in [0.29, 0.717) is 24.7 Å². The van der Waals surface area contributed by atoms with Crippen molar-refractivity contribution in [2.24, 2.45) is 5.92 Å². The number of rotatable bonds is 7. The van der Waals surface area contributed by atoms with Crippen molar-refractivity contribution in [2.75, 3.05) is 6.54 Å². The molecule has 0 unspecified atom stereocenters. The Balaban J connectivity index is 1.42. The minimum Gasteiger partial charge on any atom is -0.337 e. The molecule has 1 aliphatic heterocycles. The van der Waals surface area contributed by atoms with E-state index in [-0.39, 0.29) is 29.2 Å². The summed E-state index contributed by atoms with van der Waals surface area (Å²) in [6.07, 6.45) is 3.46. The van der Waals surface area contributed by atoms with Crippen LogP contribution in [-0.4, -0.2) is 35.9 Å². The lowest BCUT2D eigenvalue weighted by molar-refractivity contribution is -0.129. The number of nitrogens with zero attached hydrogens (tertiary/aromatic N) is 3. The standard InChI is InChI=1S/C17H20N4O4S/c22-16-9-8-14(21(16)11-12-6-7-12)17-19-15(20-25-17)10-18-26(23,24)13-4-2-1-3-5-13/h1-5,12,14,18H,6-11H2/t14-/m0/s1. The fourth-order valence-corrected chi connectivity index (χ4v) is 4.12. The second-order valence-electron chi connectivity index (χ2n) is 6.73. The van der Waals surface area contributed by atoms with E-state index in [1.54, 1.807) is 18.2 Å². The first-order valence-corrected chi connectivity index (χ1v) is 10.2. The Hall–Kier alpha value is -2.26. The molecule has 0 spiro atoms. The lowest BCUT2D eigenvalue weighted by Gasteiger charge is -2.21. The molecule has 8 nitrogen and oxygen atoms in total. The van der Waals surface area contributed by atoms with Crippen molar-refractivity contribution in [1.82, 2.24) is 19.8 Å². The summed E-state index contributed by atoms with van der Waals surface area (Å²) < 4.78 is 32.3. The summed E-state index contributed by atoms with van der Waals surface area (Å²) in [5, 5.41) is 3.86. The van der Waals surface area contributed by atoms with Crippen molar-refractivity contribution in [3.05, 3.63) is 42.0 Å². The molecule has 1 aromatic carbocycles. The quantitative estimate of drug-likeness (QED) is 0.787. The molecule has 1 aliphatic carbocycles. The number of nitrogens with one attached hydrogen (secondary N) is 1. The first-order chi connectivity index (χ1) is 12.5. The van der Waals surface area contributed by atoms with Crippen LogP contribution in [0, 0.1) is 5.92 Å². The first kappa shape index (κ1) is 17.2. The molecule has 26 heavy (non-hydrogen) atoms. The van der Waals surface area contributed by atoms with E-state index < -0.39 is 10.0 Å². The van der Waals surface area contributed by atoms with Crippen molar-refractivity contribution in [1.29, 1.82) is 0 Å². The second-order valence-corrected chi connectivity index (χ2v) is 8.50. The maximum atomic E-state index is 12.2. The third kappa shape index (κ3) is 3.63. The lowest BCUT2D eigenvalue weighted by Crippen LogP contribution is -2.30. The number of hydrogen-bond acceptors (Lipinski definition) is 6. The Labute approximate surface area is 151 Å². The minimum absolute atomic E-state index is 0.0655. The molecule has 0 bridgehead atoms. The summed E-state index contributed by atoms with van der Waals surface area (Å²) in [5.41, 5.74) is 0. The Kier molecular flexibility index (Phi) is 4.49. The molecule has 0 radical (unpaired) electrons. The molecule has 9 heteroatoms. The normalized spacial score (nSPS) is 20.7. The zero-order valence-corrected chi connectivity index (χ0v) is 15.0. The molecule has 4 rings (SSSR count). The van der Waals surface area contributed by atoms with Gasteiger partial charge in [-0.15, -0.1) is 0 Å². The highest BCUT2D eigenvalue weighted by Gasteiger charge is 2.39. The van der Waals surface area contributed by atoms with Gasteiger partial charge in [0.05, 0.1) is 11.4 Å². The van der Waals surface area contributed by atoms with Gasteiger partial charge in [0.25, 0.3) is 0 Å². The number of likely N-dealkylation sites (tertiary alicyclic amines) is 1. The number of benzene rings is 1. The monoisotopic (exact) mass is 376 g/mol. The van der Waals surface area contributed by atoms with Gasteiger partial charge >= 0.3 is 0 Å². The number of hydrogen-bond donors (Lipinski definition) is 1. The zero-order chi connectivity index (χ0) is 18.1. The molecule has 2 aromatic rings. The van der Waals surface area contributed by atoms with Gasteiger partial charge in [0.15, 0.2) is 5.82 Å². The van der Waals surface area contributed by atoms with E-state index in [9.17, 15) is 13.2 Å². The Morgan fingerprint density at radius 2 is 1.96 bits per heavy atom. The van der Waals surface area contributed by atoms with Gasteiger partial charge in [-0.1, -0.05) is 23.4 Å². The average Bonchev–Trinajstić information content (AvgIpc) is 3.22. The van der Waals surface area contributed by atoms with Crippen molar-refractivity contribution in [3.8, 4) is 0 Å². The fourth-order valence-electron chi connectivity index (χ4n) is 3.12. The molecule has 1 atom stereocenters. The molecule has 2 fully saturated rings. The molecule has 1 aromatic heterocycles. The molecule has 1 N–H and O–H groups in total. The predicted octanol–water partition coefficient (Wildman–Crippen LogP) is 1.62. The van der Waals surface area contributed by atoms with Gasteiger partial charge in [-0.25, -0.2) is 13.1 Å². The van der Waals surface area contributed by atoms with Crippen molar-refractivity contribution < 1.29 is 17.7 Å². The van der Waals surface area contributed by atoms with Crippen molar-refractivity contribution in [3.63, 3.8) is 0 Å². The van der Waals surface area contributed by atoms with E-state index >= 15 is 0 Å². The van der Waals surface area contributed by atoms with Gasteiger partial charge in [-0.05, 0) is 37.3 Å². The second kappa shape index (κ2) is 6.81. The van der Waals surface area contributed by atoms with Crippen LogP contribution in [0.25, 0.3) is 0 Å². The Morgan fingerprint density at radius 1 is 1.19 bits per heavy atom. The van der Waals surface area contributed by atoms with Crippen LogP contribution in [0.1, 0.15) is 43.4 Å². The Morgan fingerprint density at radius 3 is 2.69 bits per heavy atom. The highest BCUT2D eigenvalue weighted by Crippen LogP contribution is 2.37. The topological polar surface area (TPSA) is 105 Å². The smallest absolute Gasteiger partial charge is 0.249 e. The third-order valence-electron chi connectivity index (χ3n) is 4.72. The van der Waals surface area contributed by atoms with E-state index in [4.69, 9.17) is 4.52 Å². The minimum atomic E-state index is -3.63. The lowest BCUT2D eigenvalue weighted by atomic mass is 10.2. The van der Waals surface area contributed by atoms with Crippen molar-refractivity contribution in [2.45, 2.75) is 43.2 Å². The number of sulfonamides is 1. The molecule has 2 heterocycles. The van der Waals surface area contributed by atoms with Crippen molar-refractivity contribution >= 4 is 15.9 Å². The molecule has 1 saturated carbocycles. The summed E-state index contributed by atoms with van der Waals surface area (Å²) >= 11 is 0. The highest BCUT2D eigenvalue weighted by molar-refractivity contribution is 7.89. The van der Waals surface area contributed by atoms with Crippen LogP contribution in [0.15, 0.2) is 39.8 Å². The SMILES string of the molecule is O=C1CC[C@@H](c2nc(CNS(=O)(=O)c3ccccc3)no2)N1CC1CC1. The molecule has 2 aliphatic rings. The first-order valence-electron chi connectivity index (χ1n) is 8.69. The van der Waals surface area contributed by atoms with Crippen LogP contribution in [0.3, 0.4) is 0 Å². The largest absolute Gasteiger partial charge is 0.337 e. The maximum Gasteiger partial charge on any atom is 0.249 e. The summed E-state index contributed by atoms with van der Waals surface area (Å²) in [5.74, 6) is 1.33. The van der Waals surface area contributed by atoms with E-state index in [1.807, 2.05) is 4.90 Å². The summed E-state index contributed by atoms with van der Waals surface area (Å²) in [7, 11) is -3.63. The van der Waals surface area contributed by atoms with Crippen LogP contribution in [0.4, 0.5) is 0 Å². The maximum absolute atomic E-state index is 12.2. The fraction of sp³-hybridized carbons (Fsp3) is 0.471. The van der Waals surface area contributed by atoms with Crippen LogP contribution in [0.2, 0.25) is 0 Å². The van der Waals surface area contributed by atoms with Gasteiger partial charge in [0.2, 0.25) is 21.8 Å². The van der Waals surface area contributed by atoms with Gasteiger partial charge in [0.1, 0.15) is 6.04 Å². The van der Waals surface area contributed by atoms with Crippen LogP contribution < -0.4 is 4.72 Å². The number of carbonyl (C=O) groups excluding carboxylic acids is 1. The number of aromatic nitrogens is 2. The third-order valence-corrected chi connectivity index (χ3v) is 6.14. The number of amides is 1. The number of carbonyl (C=O) groups is 1.